The Morgan fingerprint density at radius 1 is 0.232 bits per heavy atom. The number of carbonyl (C=O) groups excluding carboxylic acids is 10. The summed E-state index contributed by atoms with van der Waals surface area (Å²) in [6.45, 7) is 109. The molecule has 2 amide bonds. The van der Waals surface area contributed by atoms with E-state index in [0.29, 0.717) is 75.3 Å². The molecule has 18 N–H and O–H groups in total. The zero-order valence-electron chi connectivity index (χ0n) is 102. The van der Waals surface area contributed by atoms with Gasteiger partial charge in [0.1, 0.15) is 0 Å². The number of carbonyl (C=O) groups is 10. The first-order chi connectivity index (χ1) is 62.9. The summed E-state index contributed by atoms with van der Waals surface area (Å²) in [4.78, 5) is 120. The van der Waals surface area contributed by atoms with E-state index in [9.17, 15) is 61.1 Å². The Balaban J connectivity index is -0.000000242. The minimum absolute atomic E-state index is 0.000124. The molecule has 0 aliphatic carbocycles. The Bertz CT molecular complexity index is 3470. The molecule has 848 valence electrons. The van der Waals surface area contributed by atoms with E-state index in [1.54, 1.807) is 0 Å². The summed E-state index contributed by atoms with van der Waals surface area (Å²) in [7, 11) is 1.96. The molecule has 0 aliphatic heterocycles. The Hall–Kier alpha value is -4.43. The summed E-state index contributed by atoms with van der Waals surface area (Å²) >= 11 is 0. The first-order valence-corrected chi connectivity index (χ1v) is 53.5. The Morgan fingerprint density at radius 2 is 0.423 bits per heavy atom. The summed E-state index contributed by atoms with van der Waals surface area (Å²) < 4.78 is 36.1. The molecule has 142 heavy (non-hydrogen) atoms. The number of nitrogens with one attached hydrogen (secondary N) is 12. The van der Waals surface area contributed by atoms with E-state index in [1.165, 1.54) is 6.92 Å². The van der Waals surface area contributed by atoms with Crippen LogP contribution in [0.15, 0.2) is 0 Å². The second-order valence-corrected chi connectivity index (χ2v) is 55.9. The molecule has 8 atom stereocenters. The summed E-state index contributed by atoms with van der Waals surface area (Å²) in [5.41, 5.74) is 13.5. The van der Waals surface area contributed by atoms with Crippen molar-refractivity contribution in [3.63, 3.8) is 0 Å². The summed E-state index contributed by atoms with van der Waals surface area (Å²) in [5.74, 6) is 0.128. The van der Waals surface area contributed by atoms with Crippen LogP contribution in [0.1, 0.15) is 476 Å². The van der Waals surface area contributed by atoms with Gasteiger partial charge >= 0.3 is 12.1 Å². The van der Waals surface area contributed by atoms with Gasteiger partial charge in [0.05, 0.1) is 48.3 Å². The van der Waals surface area contributed by atoms with Gasteiger partial charge in [-0.15, -0.1) is 0 Å². The molecule has 0 rings (SSSR count). The predicted octanol–water partition coefficient (Wildman–Crippen LogP) is 20.8. The highest BCUT2D eigenvalue weighted by atomic mass is 19.4. The molecule has 25 nitrogen and oxygen atoms in total. The molecular formula is C114H236F3N15O10. The van der Waals surface area contributed by atoms with Crippen LogP contribution < -0.4 is 81.0 Å². The third-order valence-corrected chi connectivity index (χ3v) is 20.9. The number of rotatable bonds is 46. The second-order valence-electron chi connectivity index (χ2n) is 55.9. The molecule has 0 saturated carbocycles. The largest absolute Gasteiger partial charge is 0.471 e. The number of halogens is 3. The molecule has 0 spiro atoms. The van der Waals surface area contributed by atoms with Gasteiger partial charge in [0, 0.05) is 114 Å². The molecule has 0 aromatic rings. The maximum absolute atomic E-state index is 12.5. The van der Waals surface area contributed by atoms with Gasteiger partial charge < -0.3 is 81.0 Å². The first-order valence-electron chi connectivity index (χ1n) is 53.5. The number of amides is 2. The third-order valence-electron chi connectivity index (χ3n) is 20.9. The van der Waals surface area contributed by atoms with Crippen molar-refractivity contribution >= 4 is 58.1 Å². The molecule has 0 bridgehead atoms. The molecule has 0 heterocycles. The maximum Gasteiger partial charge on any atom is 0.471 e. The fourth-order valence-corrected chi connectivity index (χ4v) is 14.6. The van der Waals surface area contributed by atoms with Crippen molar-refractivity contribution in [1.82, 2.24) is 63.8 Å². The van der Waals surface area contributed by atoms with E-state index < -0.39 is 17.5 Å². The topological polar surface area (TPSA) is 393 Å². The van der Waals surface area contributed by atoms with Gasteiger partial charge in [-0.25, -0.2) is 0 Å². The van der Waals surface area contributed by atoms with E-state index >= 15 is 0 Å². The highest BCUT2D eigenvalue weighted by Gasteiger charge is 2.41. The lowest BCUT2D eigenvalue weighted by Gasteiger charge is -2.32. The molecule has 0 saturated heterocycles. The molecule has 0 radical (unpaired) electrons. The van der Waals surface area contributed by atoms with Crippen molar-refractivity contribution in [2.24, 2.45) is 60.5 Å². The van der Waals surface area contributed by atoms with Crippen LogP contribution >= 0.6 is 0 Å². The van der Waals surface area contributed by atoms with Crippen LogP contribution in [0.3, 0.4) is 0 Å². The number of hydrogen-bond donors (Lipinski definition) is 15. The van der Waals surface area contributed by atoms with Gasteiger partial charge in [-0.3, -0.25) is 47.9 Å². The average molecular weight is 2030 g/mol. The minimum Gasteiger partial charge on any atom is -0.356 e. The van der Waals surface area contributed by atoms with Crippen molar-refractivity contribution in [1.29, 1.82) is 0 Å². The Morgan fingerprint density at radius 3 is 0.599 bits per heavy atom. The summed E-state index contributed by atoms with van der Waals surface area (Å²) in [6.07, 6.45) is 10.8. The van der Waals surface area contributed by atoms with Gasteiger partial charge in [-0.1, -0.05) is 199 Å². The SMILES string of the molecule is CC(=O)NCCCCC(NC(C)(C)C)C(=O)C(C)(C)C.CC(C)(C)NC(CCCCN)C(=O)C(C)(C)C.CC(C)(C)NC(CCCCNC(=O)C(F)(F)F)C(=O)C(C)(C)C.CC(C)(C)NC(CCCN)C(=O)C(C)(C)C.CC(C)(C)NC(CCN)C(=O)C(C)(C)C.CC(C)NCCCCC(NC(C)(C)C)C(=O)C(C)(C)C.CC(NC(C)(C)C)C(=O)C(C)(C)C.CNCCCCC(NC(C)(C)C)C(=O)C(C)(C)C. The zero-order valence-corrected chi connectivity index (χ0v) is 102. The lowest BCUT2D eigenvalue weighted by atomic mass is 9.84. The van der Waals surface area contributed by atoms with E-state index in [0.717, 1.165) is 103 Å². The van der Waals surface area contributed by atoms with Crippen molar-refractivity contribution < 1.29 is 61.1 Å². The predicted molar refractivity (Wildman–Crippen MR) is 600 cm³/mol. The number of ketones is 8. The van der Waals surface area contributed by atoms with Crippen molar-refractivity contribution in [3.05, 3.63) is 0 Å². The van der Waals surface area contributed by atoms with E-state index in [2.05, 4.69) is 218 Å². The molecule has 0 aromatic carbocycles. The minimum atomic E-state index is -4.85. The lowest BCUT2D eigenvalue weighted by Crippen LogP contribution is -2.51. The third kappa shape index (κ3) is 91.8. The van der Waals surface area contributed by atoms with Gasteiger partial charge in [0.25, 0.3) is 0 Å². The number of hydrogen-bond acceptors (Lipinski definition) is 23. The molecule has 0 aliphatic rings. The van der Waals surface area contributed by atoms with Gasteiger partial charge in [-0.05, 0) is 309 Å². The number of unbranched alkanes of at least 4 members (excludes halogenated alkanes) is 5. The van der Waals surface area contributed by atoms with Crippen LogP contribution in [0.4, 0.5) is 13.2 Å². The van der Waals surface area contributed by atoms with E-state index in [1.807, 2.05) is 206 Å². The highest BCUT2D eigenvalue weighted by molar-refractivity contribution is 5.92. The normalized spacial score (nSPS) is 14.7. The standard InChI is InChI=1S/C17H36N2O.C16H29F3N2O2.C16H32N2O2.C15H32N2O.C14H30N2O.C13H28N2O.C12H26N2O.C11H23NO/c1-13(2)18-12-10-9-11-14(19-17(6,7)8)15(20)16(3,4)5;1-14(2,3)12(22)11(21-15(4,5)6)9-7-8-10-20-13(23)16(17,18)19;1-12(19)17-11-9-8-10-13(18-16(5,6)7)14(20)15(2,3)4;1-14(2,3)13(18)12(17-15(4,5)6)10-8-9-11-16-7;1-13(2,3)12(17)11(9-7-8-10-15)16-14(4,5)6;1-12(2,3)11(16)10(8-7-9-14)15-13(4,5)6;1-11(2,3)10(15)9(7-8-13)14-12(4,5)6;1-8(12-11(5,6)7)9(13)10(2,3)4/h13-14,18-19H,9-12H2,1-8H3;11,21H,7-10H2,1-6H3,(H,20,23);13,18H,8-11H2,1-7H3,(H,17,19);12,16-17H,8-11H2,1-7H3;11,16H,7-10,15H2,1-6H3;10,15H,7-9,14H2,1-6H3;9,14H,7-8,13H2,1-6H3;8,12H,1-7H3. The van der Waals surface area contributed by atoms with Gasteiger partial charge in [0.2, 0.25) is 5.91 Å². The van der Waals surface area contributed by atoms with Crippen molar-refractivity contribution in [2.75, 3.05) is 52.9 Å². The highest BCUT2D eigenvalue weighted by Crippen LogP contribution is 2.29. The Kier molecular flexibility index (Phi) is 73.6. The number of alkyl halides is 3. The first kappa shape index (κ1) is 153. The fraction of sp³-hybridized carbons (Fsp3) is 0.912. The smallest absolute Gasteiger partial charge is 0.356 e. The lowest BCUT2D eigenvalue weighted by molar-refractivity contribution is -0.173. The fourth-order valence-electron chi connectivity index (χ4n) is 14.6. The van der Waals surface area contributed by atoms with Crippen LogP contribution in [0, 0.1) is 43.3 Å². The van der Waals surface area contributed by atoms with Crippen LogP contribution in [0.2, 0.25) is 0 Å². The number of Topliss-reactive ketones (excluding diaryl/α,β-unsaturated/α-hetero) is 8. The van der Waals surface area contributed by atoms with Crippen molar-refractivity contribution in [2.45, 2.75) is 580 Å². The van der Waals surface area contributed by atoms with Crippen LogP contribution in [-0.4, -0.2) is 216 Å². The van der Waals surface area contributed by atoms with Crippen LogP contribution in [0.5, 0.6) is 0 Å². The Labute approximate surface area is 872 Å². The second kappa shape index (κ2) is 68.4. The summed E-state index contributed by atoms with van der Waals surface area (Å²) in [5, 5.41) is 38.3. The van der Waals surface area contributed by atoms with Crippen LogP contribution in [-0.2, 0) is 47.9 Å². The van der Waals surface area contributed by atoms with Crippen molar-refractivity contribution in [3.8, 4) is 0 Å². The quantitative estimate of drug-likeness (QED) is 0.0252. The molecule has 0 fully saturated rings. The van der Waals surface area contributed by atoms with E-state index in [4.69, 9.17) is 17.2 Å². The van der Waals surface area contributed by atoms with Gasteiger partial charge in [0.15, 0.2) is 46.3 Å². The molecule has 8 unspecified atom stereocenters. The van der Waals surface area contributed by atoms with Crippen LogP contribution in [0.25, 0.3) is 0 Å². The zero-order chi connectivity index (χ0) is 115. The van der Waals surface area contributed by atoms with E-state index in [-0.39, 0.29) is 172 Å². The number of nitrogens with two attached hydrogens (primary N) is 3. The maximum atomic E-state index is 12.5. The summed E-state index contributed by atoms with van der Waals surface area (Å²) in [6, 6.07) is -0.327. The molecular weight excluding hydrogens is 1800 g/mol. The molecule has 28 heteroatoms. The monoisotopic (exact) mass is 2030 g/mol. The average Bonchev–Trinajstić information content (AvgIpc) is 0.845. The van der Waals surface area contributed by atoms with Gasteiger partial charge in [-0.2, -0.15) is 13.2 Å². The molecule has 0 aromatic heterocycles.